The fraction of sp³-hybridized carbons (Fsp3) is 0.750. The van der Waals surface area contributed by atoms with Crippen molar-refractivity contribution in [1.82, 2.24) is 0 Å². The maximum absolute atomic E-state index is 5.70. The minimum absolute atomic E-state index is 0. The van der Waals surface area contributed by atoms with Gasteiger partial charge in [0.05, 0.1) is 47.9 Å². The quantitative estimate of drug-likeness (QED) is 0.232. The second-order valence-corrected chi connectivity index (χ2v) is 8.21. The first kappa shape index (κ1) is 33.5. The van der Waals surface area contributed by atoms with E-state index in [1.165, 1.54) is 82.2 Å². The first-order valence-electron chi connectivity index (χ1n) is 11.3. The molecule has 0 fully saturated rings. The van der Waals surface area contributed by atoms with Crippen LogP contribution < -0.4 is 48.5 Å². The second kappa shape index (κ2) is 25.9. The number of hydrogen-bond acceptors (Lipinski definition) is 1. The van der Waals surface area contributed by atoms with Crippen molar-refractivity contribution in [2.45, 2.75) is 71.1 Å². The zero-order chi connectivity index (χ0) is 20.2. The molecular weight excluding hydrogens is 492 g/mol. The monoisotopic (exact) mass is 538 g/mol. The van der Waals surface area contributed by atoms with Crippen LogP contribution in [0.3, 0.4) is 0 Å². The summed E-state index contributed by atoms with van der Waals surface area (Å²) in [7, 11) is 8.76. The third kappa shape index (κ3) is 27.9. The van der Waals surface area contributed by atoms with Crippen LogP contribution in [-0.2, 0) is 0 Å². The molecular formula is C24H48Br2N2O. The number of hydrogen-bond donors (Lipinski definition) is 2. The van der Waals surface area contributed by atoms with Crippen molar-refractivity contribution < 1.29 is 48.5 Å². The van der Waals surface area contributed by atoms with Gasteiger partial charge in [0, 0.05) is 0 Å². The van der Waals surface area contributed by atoms with Crippen LogP contribution in [0.25, 0.3) is 0 Å². The highest BCUT2D eigenvalue weighted by molar-refractivity contribution is 5.20. The van der Waals surface area contributed by atoms with E-state index in [9.17, 15) is 0 Å². The summed E-state index contributed by atoms with van der Waals surface area (Å²) in [4.78, 5) is 3.08. The lowest BCUT2D eigenvalue weighted by Gasteiger charge is -2.07. The second-order valence-electron chi connectivity index (χ2n) is 8.21. The highest BCUT2D eigenvalue weighted by Crippen LogP contribution is 2.12. The number of quaternary nitrogens is 2. The average Bonchev–Trinajstić information content (AvgIpc) is 2.66. The summed E-state index contributed by atoms with van der Waals surface area (Å²) in [6.07, 6.45) is 13.8. The molecule has 29 heavy (non-hydrogen) atoms. The first-order chi connectivity index (χ1) is 13.1. The molecule has 1 aromatic rings. The van der Waals surface area contributed by atoms with Gasteiger partial charge < -0.3 is 48.5 Å². The fourth-order valence-electron chi connectivity index (χ4n) is 2.70. The van der Waals surface area contributed by atoms with Gasteiger partial charge in [-0.05, 0) is 38.3 Å². The summed E-state index contributed by atoms with van der Waals surface area (Å²) in [5.41, 5.74) is 0. The Hall–Kier alpha value is -0.100. The molecule has 0 bridgehead atoms. The van der Waals surface area contributed by atoms with Crippen molar-refractivity contribution in [3.8, 4) is 5.75 Å². The summed E-state index contributed by atoms with van der Waals surface area (Å²) in [6, 6.07) is 10.1. The van der Waals surface area contributed by atoms with Crippen LogP contribution in [0.4, 0.5) is 0 Å². The molecule has 0 aliphatic heterocycles. The molecule has 1 rings (SSSR count). The topological polar surface area (TPSA) is 18.1 Å². The number of benzene rings is 1. The molecule has 5 heteroatoms. The van der Waals surface area contributed by atoms with E-state index in [1.807, 2.05) is 30.3 Å². The van der Waals surface area contributed by atoms with Gasteiger partial charge >= 0.3 is 0 Å². The molecule has 0 saturated heterocycles. The number of para-hydroxylation sites is 1. The van der Waals surface area contributed by atoms with Crippen molar-refractivity contribution >= 4 is 0 Å². The van der Waals surface area contributed by atoms with Gasteiger partial charge in [-0.25, -0.2) is 0 Å². The van der Waals surface area contributed by atoms with Crippen molar-refractivity contribution in [1.29, 1.82) is 0 Å². The van der Waals surface area contributed by atoms with Crippen LogP contribution in [0.5, 0.6) is 5.75 Å². The highest BCUT2D eigenvalue weighted by Gasteiger charge is 1.96. The molecule has 0 spiro atoms. The van der Waals surface area contributed by atoms with Crippen LogP contribution >= 0.6 is 0 Å². The predicted molar refractivity (Wildman–Crippen MR) is 119 cm³/mol. The maximum Gasteiger partial charge on any atom is 0.119 e. The Balaban J connectivity index is -0.000000860. The van der Waals surface area contributed by atoms with Gasteiger partial charge in [-0.2, -0.15) is 0 Å². The van der Waals surface area contributed by atoms with Crippen LogP contribution in [0.15, 0.2) is 30.3 Å². The van der Waals surface area contributed by atoms with E-state index in [4.69, 9.17) is 4.74 Å². The molecule has 0 heterocycles. The van der Waals surface area contributed by atoms with E-state index < -0.39 is 0 Å². The number of ether oxygens (including phenoxy) is 1. The zero-order valence-corrected chi connectivity index (χ0v) is 22.9. The standard InChI is InChI=1S/C20H35NO.C4H11N.2BrH/c1-21(2)18-14-9-7-5-3-4-6-8-10-15-19-22-20-16-12-11-13-17-20;1-4-5(2)3;;/h11-13,16-17H,3-10,14-15,18-19H2,1-2H3;4H2,1-3H3;2*1H. The normalized spacial score (nSPS) is 10.0. The average molecular weight is 540 g/mol. The molecule has 2 N–H and O–H groups in total. The largest absolute Gasteiger partial charge is 1.00 e. The molecule has 0 unspecified atom stereocenters. The van der Waals surface area contributed by atoms with Crippen molar-refractivity contribution in [3.05, 3.63) is 30.3 Å². The predicted octanol–water partition coefficient (Wildman–Crippen LogP) is -2.73. The van der Waals surface area contributed by atoms with E-state index in [1.54, 1.807) is 4.90 Å². The third-order valence-corrected chi connectivity index (χ3v) is 4.79. The number of rotatable bonds is 15. The Labute approximate surface area is 203 Å². The molecule has 0 aliphatic carbocycles. The van der Waals surface area contributed by atoms with E-state index in [0.29, 0.717) is 0 Å². The molecule has 0 atom stereocenters. The molecule has 0 aliphatic rings. The zero-order valence-electron chi connectivity index (χ0n) is 19.7. The van der Waals surface area contributed by atoms with Crippen molar-refractivity contribution in [2.24, 2.45) is 0 Å². The molecule has 0 aromatic heterocycles. The lowest BCUT2D eigenvalue weighted by Crippen LogP contribution is -3.05. The Kier molecular flexibility index (Phi) is 30.0. The minimum atomic E-state index is 0. The lowest BCUT2D eigenvalue weighted by atomic mass is 10.1. The van der Waals surface area contributed by atoms with Crippen LogP contribution in [0.1, 0.15) is 71.1 Å². The summed E-state index contributed by atoms with van der Waals surface area (Å²) < 4.78 is 5.70. The molecule has 0 saturated carbocycles. The van der Waals surface area contributed by atoms with Gasteiger partial charge in [-0.1, -0.05) is 63.1 Å². The molecule has 0 amide bonds. The Morgan fingerprint density at radius 2 is 1.03 bits per heavy atom. The number of unbranched alkanes of at least 4 members (excludes halogenated alkanes) is 9. The van der Waals surface area contributed by atoms with Gasteiger partial charge in [0.25, 0.3) is 0 Å². The van der Waals surface area contributed by atoms with Gasteiger partial charge in [0.2, 0.25) is 0 Å². The smallest absolute Gasteiger partial charge is 0.119 e. The van der Waals surface area contributed by atoms with E-state index in [-0.39, 0.29) is 34.0 Å². The summed E-state index contributed by atoms with van der Waals surface area (Å²) >= 11 is 0. The van der Waals surface area contributed by atoms with Gasteiger partial charge in [-0.3, -0.25) is 0 Å². The summed E-state index contributed by atoms with van der Waals surface area (Å²) in [5.74, 6) is 0.998. The Bertz CT molecular complexity index is 403. The molecule has 174 valence electrons. The van der Waals surface area contributed by atoms with Crippen molar-refractivity contribution in [2.75, 3.05) is 47.9 Å². The van der Waals surface area contributed by atoms with Crippen LogP contribution in [0, 0.1) is 0 Å². The Morgan fingerprint density at radius 1 is 0.621 bits per heavy atom. The summed E-state index contributed by atoms with van der Waals surface area (Å²) in [6.45, 7) is 5.57. The molecule has 1 aromatic carbocycles. The summed E-state index contributed by atoms with van der Waals surface area (Å²) in [5, 5.41) is 0. The van der Waals surface area contributed by atoms with E-state index in [0.717, 1.165) is 12.4 Å². The third-order valence-electron chi connectivity index (χ3n) is 4.79. The fourth-order valence-corrected chi connectivity index (χ4v) is 2.70. The lowest BCUT2D eigenvalue weighted by molar-refractivity contribution is -0.858. The first-order valence-corrected chi connectivity index (χ1v) is 11.3. The highest BCUT2D eigenvalue weighted by atomic mass is 79.9. The van der Waals surface area contributed by atoms with Gasteiger partial charge in [0.15, 0.2) is 0 Å². The molecule has 0 radical (unpaired) electrons. The van der Waals surface area contributed by atoms with Gasteiger partial charge in [-0.15, -0.1) is 0 Å². The number of nitrogens with one attached hydrogen (secondary N) is 2. The van der Waals surface area contributed by atoms with Crippen LogP contribution in [0.2, 0.25) is 0 Å². The van der Waals surface area contributed by atoms with Crippen molar-refractivity contribution in [3.63, 3.8) is 0 Å². The number of halogens is 2. The van der Waals surface area contributed by atoms with E-state index >= 15 is 0 Å². The maximum atomic E-state index is 5.70. The Morgan fingerprint density at radius 3 is 1.45 bits per heavy atom. The molecule has 3 nitrogen and oxygen atoms in total. The van der Waals surface area contributed by atoms with Crippen LogP contribution in [-0.4, -0.2) is 47.9 Å². The van der Waals surface area contributed by atoms with E-state index in [2.05, 4.69) is 35.1 Å². The van der Waals surface area contributed by atoms with Gasteiger partial charge in [0.1, 0.15) is 5.75 Å². The minimum Gasteiger partial charge on any atom is -1.00 e. The SMILES string of the molecule is CC[NH+](C)C.C[NH+](C)CCCCCCCCCCCCOc1ccccc1.[Br-].[Br-].